The molecule has 0 radical (unpaired) electrons. The van der Waals surface area contributed by atoms with E-state index >= 15 is 0 Å². The Morgan fingerprint density at radius 3 is 2.27 bits per heavy atom. The number of rotatable bonds is 4. The number of hydrogen-bond donors (Lipinski definition) is 1. The Labute approximate surface area is 141 Å². The van der Waals surface area contributed by atoms with Gasteiger partial charge in [0.25, 0.3) is 0 Å². The first-order valence-corrected chi connectivity index (χ1v) is 8.76. The van der Waals surface area contributed by atoms with E-state index in [0.717, 1.165) is 19.5 Å². The van der Waals surface area contributed by atoms with Gasteiger partial charge in [0.05, 0.1) is 6.54 Å². The lowest BCUT2D eigenvalue weighted by molar-refractivity contribution is -0.136. The summed E-state index contributed by atoms with van der Waals surface area (Å²) in [7, 11) is 0. The van der Waals surface area contributed by atoms with Crippen LogP contribution < -0.4 is 5.73 Å². The first-order valence-electron chi connectivity index (χ1n) is 8.76. The van der Waals surface area contributed by atoms with Crippen molar-refractivity contribution in [3.05, 3.63) is 0 Å². The number of halogens is 1. The van der Waals surface area contributed by atoms with Crippen molar-refractivity contribution in [2.75, 3.05) is 19.6 Å². The fourth-order valence-corrected chi connectivity index (χ4v) is 4.13. The van der Waals surface area contributed by atoms with E-state index in [0.29, 0.717) is 24.5 Å². The largest absolute Gasteiger partial charge is 0.336 e. The van der Waals surface area contributed by atoms with Crippen molar-refractivity contribution in [1.82, 2.24) is 9.80 Å². The molecule has 4 nitrogen and oxygen atoms in total. The molecule has 5 heteroatoms. The molecular formula is C17H32ClN3O. The lowest BCUT2D eigenvalue weighted by Gasteiger charge is -2.43. The molecule has 3 aliphatic rings. The number of piperidine rings is 1. The predicted octanol–water partition coefficient (Wildman–Crippen LogP) is 2.40. The van der Waals surface area contributed by atoms with Gasteiger partial charge in [-0.2, -0.15) is 0 Å². The van der Waals surface area contributed by atoms with E-state index in [2.05, 4.69) is 23.6 Å². The summed E-state index contributed by atoms with van der Waals surface area (Å²) >= 11 is 0. The summed E-state index contributed by atoms with van der Waals surface area (Å²) in [6, 6.07) is 1.35. The predicted molar refractivity (Wildman–Crippen MR) is 92.2 cm³/mol. The maximum atomic E-state index is 12.8. The van der Waals surface area contributed by atoms with Crippen LogP contribution >= 0.6 is 12.4 Å². The highest BCUT2D eigenvalue weighted by Crippen LogP contribution is 2.35. The lowest BCUT2D eigenvalue weighted by atomic mass is 9.80. The van der Waals surface area contributed by atoms with Crippen molar-refractivity contribution >= 4 is 18.3 Å². The molecule has 3 rings (SSSR count). The third kappa shape index (κ3) is 3.95. The average Bonchev–Trinajstić information content (AvgIpc) is 3.08. The Hall–Kier alpha value is -0.320. The summed E-state index contributed by atoms with van der Waals surface area (Å²) in [5.74, 6) is 0.371. The van der Waals surface area contributed by atoms with Gasteiger partial charge in [0.2, 0.25) is 5.91 Å². The van der Waals surface area contributed by atoms with E-state index in [1.54, 1.807) is 0 Å². The molecule has 0 aromatic heterocycles. The Bertz CT molecular complexity index is 391. The number of likely N-dealkylation sites (tertiary alicyclic amines) is 1. The van der Waals surface area contributed by atoms with Crippen LogP contribution in [-0.2, 0) is 4.79 Å². The Morgan fingerprint density at radius 2 is 1.73 bits per heavy atom. The third-order valence-electron chi connectivity index (χ3n) is 5.70. The van der Waals surface area contributed by atoms with Crippen molar-refractivity contribution in [2.45, 2.75) is 76.9 Å². The van der Waals surface area contributed by atoms with Crippen LogP contribution in [0.3, 0.4) is 0 Å². The fraction of sp³-hybridized carbons (Fsp3) is 0.941. The molecule has 22 heavy (non-hydrogen) atoms. The molecule has 1 aliphatic heterocycles. The Morgan fingerprint density at radius 1 is 1.14 bits per heavy atom. The van der Waals surface area contributed by atoms with Crippen LogP contribution in [0.1, 0.15) is 58.8 Å². The number of carbonyl (C=O) groups excluding carboxylic acids is 1. The van der Waals surface area contributed by atoms with Gasteiger partial charge in [-0.05, 0) is 37.5 Å². The fourth-order valence-electron chi connectivity index (χ4n) is 4.13. The first-order chi connectivity index (χ1) is 9.97. The monoisotopic (exact) mass is 329 g/mol. The summed E-state index contributed by atoms with van der Waals surface area (Å²) in [5.41, 5.74) is 6.32. The second kappa shape index (κ2) is 7.06. The molecule has 1 atom stereocenters. The van der Waals surface area contributed by atoms with Crippen LogP contribution in [0, 0.1) is 5.41 Å². The van der Waals surface area contributed by atoms with Crippen molar-refractivity contribution in [2.24, 2.45) is 11.1 Å². The summed E-state index contributed by atoms with van der Waals surface area (Å²) < 4.78 is 0. The van der Waals surface area contributed by atoms with Gasteiger partial charge in [0, 0.05) is 31.2 Å². The van der Waals surface area contributed by atoms with Gasteiger partial charge in [-0.15, -0.1) is 12.4 Å². The summed E-state index contributed by atoms with van der Waals surface area (Å²) in [4.78, 5) is 17.4. The standard InChI is InChI=1S/C17H31N3O.ClH/c1-17(2)12-19(10-9-15(17)18)11-16(21)20(14-7-8-14)13-5-3-4-6-13;/h13-15H,3-12,18H2,1-2H3;1H. The van der Waals surface area contributed by atoms with Gasteiger partial charge in [-0.1, -0.05) is 26.7 Å². The molecule has 1 heterocycles. The second-order valence-corrected chi connectivity index (χ2v) is 8.06. The maximum Gasteiger partial charge on any atom is 0.237 e. The van der Waals surface area contributed by atoms with E-state index in [1.807, 2.05) is 0 Å². The highest BCUT2D eigenvalue weighted by molar-refractivity contribution is 5.85. The molecule has 1 amide bonds. The van der Waals surface area contributed by atoms with E-state index in [4.69, 9.17) is 5.73 Å². The van der Waals surface area contributed by atoms with Crippen LogP contribution in [0.25, 0.3) is 0 Å². The van der Waals surface area contributed by atoms with Crippen LogP contribution in [0.5, 0.6) is 0 Å². The van der Waals surface area contributed by atoms with Gasteiger partial charge < -0.3 is 10.6 Å². The Kier molecular flexibility index (Phi) is 5.79. The lowest BCUT2D eigenvalue weighted by Crippen LogP contribution is -2.55. The van der Waals surface area contributed by atoms with Gasteiger partial charge >= 0.3 is 0 Å². The number of hydrogen-bond acceptors (Lipinski definition) is 3. The molecular weight excluding hydrogens is 298 g/mol. The van der Waals surface area contributed by atoms with Gasteiger partial charge in [-0.3, -0.25) is 9.69 Å². The molecule has 0 aromatic rings. The summed E-state index contributed by atoms with van der Waals surface area (Å²) in [6.07, 6.45) is 8.49. The highest BCUT2D eigenvalue weighted by atomic mass is 35.5. The molecule has 0 aromatic carbocycles. The molecule has 0 spiro atoms. The minimum Gasteiger partial charge on any atom is -0.336 e. The molecule has 3 fully saturated rings. The zero-order chi connectivity index (χ0) is 15.0. The number of nitrogens with two attached hydrogens (primary N) is 1. The molecule has 2 N–H and O–H groups in total. The highest BCUT2D eigenvalue weighted by Gasteiger charge is 2.40. The normalized spacial score (nSPS) is 29.1. The third-order valence-corrected chi connectivity index (χ3v) is 5.70. The topological polar surface area (TPSA) is 49.6 Å². The van der Waals surface area contributed by atoms with Crippen LogP contribution in [0.15, 0.2) is 0 Å². The Balaban J connectivity index is 0.00000176. The van der Waals surface area contributed by atoms with Gasteiger partial charge in [0.1, 0.15) is 0 Å². The molecule has 1 saturated heterocycles. The summed E-state index contributed by atoms with van der Waals surface area (Å²) in [5, 5.41) is 0. The minimum atomic E-state index is 0. The minimum absolute atomic E-state index is 0. The van der Waals surface area contributed by atoms with E-state index in [1.165, 1.54) is 38.5 Å². The second-order valence-electron chi connectivity index (χ2n) is 8.06. The van der Waals surface area contributed by atoms with Gasteiger partial charge in [0.15, 0.2) is 0 Å². The van der Waals surface area contributed by atoms with E-state index in [9.17, 15) is 4.79 Å². The quantitative estimate of drug-likeness (QED) is 0.861. The maximum absolute atomic E-state index is 12.8. The molecule has 1 unspecified atom stereocenters. The van der Waals surface area contributed by atoms with E-state index in [-0.39, 0.29) is 23.9 Å². The van der Waals surface area contributed by atoms with Gasteiger partial charge in [-0.25, -0.2) is 0 Å². The molecule has 2 saturated carbocycles. The number of nitrogens with zero attached hydrogens (tertiary/aromatic N) is 2. The zero-order valence-corrected chi connectivity index (χ0v) is 14.9. The van der Waals surface area contributed by atoms with Crippen LogP contribution in [0.2, 0.25) is 0 Å². The molecule has 0 bridgehead atoms. The molecule has 2 aliphatic carbocycles. The SMILES string of the molecule is CC1(C)CN(CC(=O)N(C2CCCC2)C2CC2)CCC1N.Cl. The molecule has 128 valence electrons. The van der Waals surface area contributed by atoms with Crippen molar-refractivity contribution in [3.8, 4) is 0 Å². The smallest absolute Gasteiger partial charge is 0.237 e. The van der Waals surface area contributed by atoms with Crippen LogP contribution in [-0.4, -0.2) is 53.5 Å². The van der Waals surface area contributed by atoms with Crippen molar-refractivity contribution < 1.29 is 4.79 Å². The van der Waals surface area contributed by atoms with Crippen LogP contribution in [0.4, 0.5) is 0 Å². The van der Waals surface area contributed by atoms with E-state index < -0.39 is 0 Å². The van der Waals surface area contributed by atoms with Crippen molar-refractivity contribution in [3.63, 3.8) is 0 Å². The zero-order valence-electron chi connectivity index (χ0n) is 14.1. The van der Waals surface area contributed by atoms with Crippen molar-refractivity contribution in [1.29, 1.82) is 0 Å². The number of amides is 1. The first kappa shape index (κ1) is 18.0. The summed E-state index contributed by atoms with van der Waals surface area (Å²) in [6.45, 7) is 6.97. The average molecular weight is 330 g/mol. The number of carbonyl (C=O) groups is 1.